The predicted octanol–water partition coefficient (Wildman–Crippen LogP) is 2.82. The van der Waals surface area contributed by atoms with Gasteiger partial charge in [0.25, 0.3) is 0 Å². The Balaban J connectivity index is 2.61. The van der Waals surface area contributed by atoms with Crippen LogP contribution in [-0.4, -0.2) is 15.1 Å². The van der Waals surface area contributed by atoms with E-state index in [4.69, 9.17) is 0 Å². The van der Waals surface area contributed by atoms with Crippen LogP contribution in [0, 0.1) is 13.8 Å². The Morgan fingerprint density at radius 2 is 1.94 bits per heavy atom. The van der Waals surface area contributed by atoms with Crippen molar-refractivity contribution >= 4 is 0 Å². The van der Waals surface area contributed by atoms with E-state index in [9.17, 15) is 5.11 Å². The molecule has 94 valence electrons. The van der Waals surface area contributed by atoms with Crippen LogP contribution in [0.1, 0.15) is 29.6 Å². The number of aromatic nitrogens is 2. The van der Waals surface area contributed by atoms with Crippen molar-refractivity contribution in [3.8, 4) is 11.3 Å². The first-order chi connectivity index (χ1) is 8.65. The van der Waals surface area contributed by atoms with Gasteiger partial charge < -0.3 is 5.11 Å². The number of aliphatic hydroxyl groups is 1. The lowest BCUT2D eigenvalue weighted by Gasteiger charge is -2.11. The summed E-state index contributed by atoms with van der Waals surface area (Å²) in [5.74, 6) is 0.786. The highest BCUT2D eigenvalue weighted by atomic mass is 16.3. The summed E-state index contributed by atoms with van der Waals surface area (Å²) in [4.78, 5) is 8.97. The lowest BCUT2D eigenvalue weighted by molar-refractivity contribution is 0.282. The quantitative estimate of drug-likeness (QED) is 0.900. The highest BCUT2D eigenvalue weighted by molar-refractivity contribution is 5.64. The van der Waals surface area contributed by atoms with Gasteiger partial charge in [-0.05, 0) is 37.5 Å². The van der Waals surface area contributed by atoms with E-state index in [1.54, 1.807) is 0 Å². The summed E-state index contributed by atoms with van der Waals surface area (Å²) in [7, 11) is 0. The van der Waals surface area contributed by atoms with Crippen molar-refractivity contribution in [2.45, 2.75) is 33.8 Å². The van der Waals surface area contributed by atoms with Crippen LogP contribution < -0.4 is 0 Å². The third-order valence-corrected chi connectivity index (χ3v) is 3.06. The third-order valence-electron chi connectivity index (χ3n) is 3.06. The summed E-state index contributed by atoms with van der Waals surface area (Å²) in [5.41, 5.74) is 5.15. The van der Waals surface area contributed by atoms with Crippen molar-refractivity contribution in [1.29, 1.82) is 0 Å². The van der Waals surface area contributed by atoms with Crippen molar-refractivity contribution in [2.75, 3.05) is 0 Å². The molecule has 0 aliphatic heterocycles. The van der Waals surface area contributed by atoms with E-state index < -0.39 is 0 Å². The second kappa shape index (κ2) is 5.27. The minimum atomic E-state index is 0.0539. The van der Waals surface area contributed by atoms with E-state index in [0.29, 0.717) is 0 Å². The van der Waals surface area contributed by atoms with E-state index in [1.807, 2.05) is 38.1 Å². The Morgan fingerprint density at radius 3 is 2.61 bits per heavy atom. The molecule has 0 aliphatic carbocycles. The van der Waals surface area contributed by atoms with Crippen LogP contribution in [0.4, 0.5) is 0 Å². The zero-order chi connectivity index (χ0) is 13.1. The van der Waals surface area contributed by atoms with Crippen LogP contribution in [-0.2, 0) is 13.0 Å². The van der Waals surface area contributed by atoms with Crippen LogP contribution in [0.15, 0.2) is 24.3 Å². The molecule has 18 heavy (non-hydrogen) atoms. The lowest BCUT2D eigenvalue weighted by atomic mass is 10.0. The van der Waals surface area contributed by atoms with Gasteiger partial charge in [-0.1, -0.05) is 25.1 Å². The largest absolute Gasteiger partial charge is 0.392 e. The summed E-state index contributed by atoms with van der Waals surface area (Å²) in [5, 5.41) is 9.21. The molecule has 0 saturated carbocycles. The van der Waals surface area contributed by atoms with Gasteiger partial charge >= 0.3 is 0 Å². The topological polar surface area (TPSA) is 46.0 Å². The molecule has 0 atom stereocenters. The van der Waals surface area contributed by atoms with Gasteiger partial charge in [0.05, 0.1) is 12.3 Å². The molecule has 1 heterocycles. The monoisotopic (exact) mass is 242 g/mol. The van der Waals surface area contributed by atoms with Gasteiger partial charge in [-0.3, -0.25) is 0 Å². The molecule has 2 rings (SSSR count). The summed E-state index contributed by atoms with van der Waals surface area (Å²) >= 11 is 0. The minimum absolute atomic E-state index is 0.0539. The molecular weight excluding hydrogens is 224 g/mol. The fourth-order valence-electron chi connectivity index (χ4n) is 2.21. The zero-order valence-electron chi connectivity index (χ0n) is 11.1. The molecular formula is C15H18N2O. The van der Waals surface area contributed by atoms with Crippen molar-refractivity contribution in [3.05, 3.63) is 46.9 Å². The number of aryl methyl sites for hydroxylation is 2. The maximum atomic E-state index is 9.21. The van der Waals surface area contributed by atoms with Gasteiger partial charge in [-0.15, -0.1) is 0 Å². The first-order valence-electron chi connectivity index (χ1n) is 6.20. The van der Waals surface area contributed by atoms with Gasteiger partial charge in [0.2, 0.25) is 0 Å². The first-order valence-corrected chi connectivity index (χ1v) is 6.20. The standard InChI is InChI=1S/C15H18N2O/c1-4-14-10(2)16-11(3)17-15(14)13-7-5-6-12(8-13)9-18/h5-8,18H,4,9H2,1-3H3. The van der Waals surface area contributed by atoms with E-state index in [0.717, 1.165) is 34.8 Å². The van der Waals surface area contributed by atoms with E-state index in [1.165, 1.54) is 5.56 Å². The molecule has 1 aromatic carbocycles. The molecule has 2 aromatic rings. The van der Waals surface area contributed by atoms with Crippen LogP contribution >= 0.6 is 0 Å². The van der Waals surface area contributed by atoms with Gasteiger partial charge in [-0.25, -0.2) is 9.97 Å². The van der Waals surface area contributed by atoms with Crippen LogP contribution in [0.5, 0.6) is 0 Å². The van der Waals surface area contributed by atoms with Crippen LogP contribution in [0.2, 0.25) is 0 Å². The van der Waals surface area contributed by atoms with E-state index >= 15 is 0 Å². The van der Waals surface area contributed by atoms with Gasteiger partial charge in [0.1, 0.15) is 5.82 Å². The number of hydrogen-bond acceptors (Lipinski definition) is 3. The fraction of sp³-hybridized carbons (Fsp3) is 0.333. The number of nitrogens with zero attached hydrogens (tertiary/aromatic N) is 2. The third kappa shape index (κ3) is 2.41. The molecule has 0 amide bonds. The maximum absolute atomic E-state index is 9.21. The molecule has 0 aliphatic rings. The Labute approximate surface area is 108 Å². The number of hydrogen-bond donors (Lipinski definition) is 1. The first kappa shape index (κ1) is 12.7. The number of benzene rings is 1. The van der Waals surface area contributed by atoms with E-state index in [2.05, 4.69) is 16.9 Å². The Hall–Kier alpha value is -1.74. The summed E-state index contributed by atoms with van der Waals surface area (Å²) in [6, 6.07) is 7.88. The predicted molar refractivity (Wildman–Crippen MR) is 72.2 cm³/mol. The van der Waals surface area contributed by atoms with Crippen LogP contribution in [0.25, 0.3) is 11.3 Å². The summed E-state index contributed by atoms with van der Waals surface area (Å²) in [6.45, 7) is 6.09. The molecule has 0 bridgehead atoms. The molecule has 0 fully saturated rings. The van der Waals surface area contributed by atoms with Gasteiger partial charge in [0, 0.05) is 11.3 Å². The molecule has 0 saturated heterocycles. The SMILES string of the molecule is CCc1c(C)nc(C)nc1-c1cccc(CO)c1. The second-order valence-electron chi connectivity index (χ2n) is 4.40. The second-order valence-corrected chi connectivity index (χ2v) is 4.40. The zero-order valence-corrected chi connectivity index (χ0v) is 11.1. The average Bonchev–Trinajstić information content (AvgIpc) is 2.38. The molecule has 0 unspecified atom stereocenters. The van der Waals surface area contributed by atoms with Crippen molar-refractivity contribution in [3.63, 3.8) is 0 Å². The Kier molecular flexibility index (Phi) is 3.72. The Bertz CT molecular complexity index is 564. The number of rotatable bonds is 3. The molecule has 1 N–H and O–H groups in total. The normalized spacial score (nSPS) is 10.7. The Morgan fingerprint density at radius 1 is 1.17 bits per heavy atom. The maximum Gasteiger partial charge on any atom is 0.126 e. The molecule has 0 spiro atoms. The summed E-state index contributed by atoms with van der Waals surface area (Å²) < 4.78 is 0. The highest BCUT2D eigenvalue weighted by Gasteiger charge is 2.10. The average molecular weight is 242 g/mol. The van der Waals surface area contributed by atoms with Crippen molar-refractivity contribution < 1.29 is 5.11 Å². The summed E-state index contributed by atoms with van der Waals surface area (Å²) in [6.07, 6.45) is 0.908. The van der Waals surface area contributed by atoms with Gasteiger partial charge in [0.15, 0.2) is 0 Å². The highest BCUT2D eigenvalue weighted by Crippen LogP contribution is 2.25. The van der Waals surface area contributed by atoms with Gasteiger partial charge in [-0.2, -0.15) is 0 Å². The lowest BCUT2D eigenvalue weighted by Crippen LogP contribution is -2.02. The van der Waals surface area contributed by atoms with Crippen molar-refractivity contribution in [2.24, 2.45) is 0 Å². The molecule has 3 nitrogen and oxygen atoms in total. The fourth-order valence-corrected chi connectivity index (χ4v) is 2.21. The molecule has 3 heteroatoms. The number of aliphatic hydroxyl groups excluding tert-OH is 1. The van der Waals surface area contributed by atoms with E-state index in [-0.39, 0.29) is 6.61 Å². The smallest absolute Gasteiger partial charge is 0.126 e. The van der Waals surface area contributed by atoms with Crippen molar-refractivity contribution in [1.82, 2.24) is 9.97 Å². The molecule has 1 aromatic heterocycles. The van der Waals surface area contributed by atoms with Crippen LogP contribution in [0.3, 0.4) is 0 Å². The molecule has 0 radical (unpaired) electrons. The minimum Gasteiger partial charge on any atom is -0.392 e.